The molecule has 0 saturated heterocycles. The van der Waals surface area contributed by atoms with Crippen molar-refractivity contribution in [3.05, 3.63) is 65.6 Å². The molecule has 0 aliphatic heterocycles. The van der Waals surface area contributed by atoms with Gasteiger partial charge in [0.1, 0.15) is 18.5 Å². The average molecular weight is 417 g/mol. The predicted molar refractivity (Wildman–Crippen MR) is 104 cm³/mol. The van der Waals surface area contributed by atoms with Crippen LogP contribution in [0.5, 0.6) is 5.75 Å². The van der Waals surface area contributed by atoms with Crippen molar-refractivity contribution in [3.63, 3.8) is 0 Å². The molecule has 0 saturated carbocycles. The molecule has 2 aromatic carbocycles. The fourth-order valence-electron chi connectivity index (χ4n) is 2.53. The maximum Gasteiger partial charge on any atom is 0.247 e. The molecular formula is C21H21F2N3O4. The van der Waals surface area contributed by atoms with Crippen LogP contribution in [0.1, 0.15) is 17.9 Å². The fraction of sp³-hybridized carbons (Fsp3) is 0.286. The molecule has 1 aromatic heterocycles. The number of nitrogens with one attached hydrogen (secondary N) is 1. The molecule has 158 valence electrons. The lowest BCUT2D eigenvalue weighted by Gasteiger charge is -2.13. The summed E-state index contributed by atoms with van der Waals surface area (Å²) in [5.41, 5.74) is 1.92. The zero-order valence-corrected chi connectivity index (χ0v) is 16.3. The van der Waals surface area contributed by atoms with Crippen molar-refractivity contribution in [2.45, 2.75) is 25.9 Å². The number of rotatable bonds is 9. The molecule has 1 heterocycles. The van der Waals surface area contributed by atoms with Crippen molar-refractivity contribution in [2.75, 3.05) is 13.2 Å². The third-order valence-electron chi connectivity index (χ3n) is 4.20. The average Bonchev–Trinajstić information content (AvgIpc) is 3.21. The van der Waals surface area contributed by atoms with Crippen LogP contribution in [0.2, 0.25) is 0 Å². The van der Waals surface area contributed by atoms with Gasteiger partial charge in [-0.3, -0.25) is 4.79 Å². The number of carbonyl (C=O) groups is 1. The second kappa shape index (κ2) is 9.93. The minimum atomic E-state index is -1.04. The van der Waals surface area contributed by atoms with Gasteiger partial charge in [0.2, 0.25) is 17.7 Å². The molecule has 0 radical (unpaired) electrons. The SMILES string of the molecule is Cc1ccc(-c2nnc(CCC(=O)NCC(O)COc3ccc(F)c(F)c3)o2)cc1. The van der Waals surface area contributed by atoms with Crippen LogP contribution < -0.4 is 10.1 Å². The van der Waals surface area contributed by atoms with Gasteiger partial charge in [0.05, 0.1) is 0 Å². The molecule has 0 aliphatic rings. The minimum absolute atomic E-state index is 0.0546. The first-order chi connectivity index (χ1) is 14.4. The molecule has 0 spiro atoms. The van der Waals surface area contributed by atoms with Crippen LogP contribution in [0.3, 0.4) is 0 Å². The van der Waals surface area contributed by atoms with E-state index in [1.54, 1.807) is 0 Å². The van der Waals surface area contributed by atoms with Gasteiger partial charge in [-0.05, 0) is 31.2 Å². The first-order valence-electron chi connectivity index (χ1n) is 9.33. The maximum atomic E-state index is 13.1. The lowest BCUT2D eigenvalue weighted by molar-refractivity contribution is -0.121. The summed E-state index contributed by atoms with van der Waals surface area (Å²) in [5.74, 6) is -1.53. The van der Waals surface area contributed by atoms with Crippen LogP contribution in [0, 0.1) is 18.6 Å². The van der Waals surface area contributed by atoms with E-state index in [1.807, 2.05) is 31.2 Å². The normalized spacial score (nSPS) is 11.9. The number of ether oxygens (including phenoxy) is 1. The Hall–Kier alpha value is -3.33. The molecule has 30 heavy (non-hydrogen) atoms. The summed E-state index contributed by atoms with van der Waals surface area (Å²) in [5, 5.41) is 20.3. The number of aliphatic hydroxyl groups excluding tert-OH is 1. The number of nitrogens with zero attached hydrogens (tertiary/aromatic N) is 2. The lowest BCUT2D eigenvalue weighted by atomic mass is 10.1. The quantitative estimate of drug-likeness (QED) is 0.556. The summed E-state index contributed by atoms with van der Waals surface area (Å²) in [4.78, 5) is 11.9. The van der Waals surface area contributed by atoms with Crippen molar-refractivity contribution >= 4 is 5.91 Å². The summed E-state index contributed by atoms with van der Waals surface area (Å²) in [7, 11) is 0. The fourth-order valence-corrected chi connectivity index (χ4v) is 2.53. The number of amides is 1. The van der Waals surface area contributed by atoms with Gasteiger partial charge in [-0.25, -0.2) is 8.78 Å². The van der Waals surface area contributed by atoms with E-state index < -0.39 is 17.7 Å². The van der Waals surface area contributed by atoms with E-state index in [0.717, 1.165) is 23.3 Å². The van der Waals surface area contributed by atoms with Crippen LogP contribution in [-0.4, -0.2) is 40.5 Å². The van der Waals surface area contributed by atoms with E-state index in [4.69, 9.17) is 9.15 Å². The largest absolute Gasteiger partial charge is 0.491 e. The zero-order valence-electron chi connectivity index (χ0n) is 16.3. The monoisotopic (exact) mass is 417 g/mol. The van der Waals surface area contributed by atoms with Crippen molar-refractivity contribution in [1.29, 1.82) is 0 Å². The maximum absolute atomic E-state index is 13.1. The van der Waals surface area contributed by atoms with Crippen molar-refractivity contribution in [1.82, 2.24) is 15.5 Å². The lowest BCUT2D eigenvalue weighted by Crippen LogP contribution is -2.35. The molecule has 2 N–H and O–H groups in total. The zero-order chi connectivity index (χ0) is 21.5. The van der Waals surface area contributed by atoms with Gasteiger partial charge in [-0.2, -0.15) is 0 Å². The Labute approximate surface area is 171 Å². The van der Waals surface area contributed by atoms with Crippen LogP contribution >= 0.6 is 0 Å². The highest BCUT2D eigenvalue weighted by Gasteiger charge is 2.12. The summed E-state index contributed by atoms with van der Waals surface area (Å²) in [6.45, 7) is 1.74. The number of aromatic nitrogens is 2. The first-order valence-corrected chi connectivity index (χ1v) is 9.33. The molecule has 0 bridgehead atoms. The predicted octanol–water partition coefficient (Wildman–Crippen LogP) is 2.81. The number of aryl methyl sites for hydroxylation is 2. The van der Waals surface area contributed by atoms with Gasteiger partial charge in [0.15, 0.2) is 11.6 Å². The topological polar surface area (TPSA) is 97.5 Å². The van der Waals surface area contributed by atoms with E-state index >= 15 is 0 Å². The molecule has 1 atom stereocenters. The number of hydrogen-bond donors (Lipinski definition) is 2. The number of benzene rings is 2. The molecule has 3 aromatic rings. The molecule has 0 fully saturated rings. The van der Waals surface area contributed by atoms with Gasteiger partial charge in [0.25, 0.3) is 0 Å². The third-order valence-corrected chi connectivity index (χ3v) is 4.20. The van der Waals surface area contributed by atoms with Gasteiger partial charge in [-0.15, -0.1) is 10.2 Å². The molecule has 7 nitrogen and oxygen atoms in total. The van der Waals surface area contributed by atoms with Crippen molar-refractivity contribution in [2.24, 2.45) is 0 Å². The second-order valence-electron chi connectivity index (χ2n) is 6.71. The Morgan fingerprint density at radius 3 is 2.67 bits per heavy atom. The summed E-state index contributed by atoms with van der Waals surface area (Å²) >= 11 is 0. The highest BCUT2D eigenvalue weighted by atomic mass is 19.2. The summed E-state index contributed by atoms with van der Waals surface area (Å²) in [6.07, 6.45) is -0.656. The highest BCUT2D eigenvalue weighted by molar-refractivity contribution is 5.76. The molecular weight excluding hydrogens is 396 g/mol. The number of halogens is 2. The summed E-state index contributed by atoms with van der Waals surface area (Å²) < 4.78 is 36.7. The van der Waals surface area contributed by atoms with Gasteiger partial charge in [0, 0.05) is 31.0 Å². The van der Waals surface area contributed by atoms with E-state index in [1.165, 1.54) is 6.07 Å². The van der Waals surface area contributed by atoms with Crippen LogP contribution in [0.15, 0.2) is 46.9 Å². The molecule has 1 unspecified atom stereocenters. The Kier molecular flexibility index (Phi) is 7.08. The Morgan fingerprint density at radius 1 is 1.17 bits per heavy atom. The first kappa shape index (κ1) is 21.4. The standard InChI is InChI=1S/C21H21F2N3O4/c1-13-2-4-14(5-3-13)21-26-25-20(30-21)9-8-19(28)24-11-15(27)12-29-16-6-7-17(22)18(23)10-16/h2-7,10,15,27H,8-9,11-12H2,1H3,(H,24,28). The smallest absolute Gasteiger partial charge is 0.247 e. The molecule has 3 rings (SSSR count). The number of hydrogen-bond acceptors (Lipinski definition) is 6. The van der Waals surface area contributed by atoms with Crippen LogP contribution in [-0.2, 0) is 11.2 Å². The number of aliphatic hydroxyl groups is 1. The minimum Gasteiger partial charge on any atom is -0.491 e. The van der Waals surface area contributed by atoms with Gasteiger partial charge >= 0.3 is 0 Å². The number of carbonyl (C=O) groups excluding carboxylic acids is 1. The van der Waals surface area contributed by atoms with E-state index in [-0.39, 0.29) is 37.6 Å². The molecule has 1 amide bonds. The summed E-state index contributed by atoms with van der Waals surface area (Å²) in [6, 6.07) is 10.7. The Morgan fingerprint density at radius 2 is 1.93 bits per heavy atom. The Bertz CT molecular complexity index is 992. The van der Waals surface area contributed by atoms with Crippen LogP contribution in [0.25, 0.3) is 11.5 Å². The Balaban J connectivity index is 1.38. The van der Waals surface area contributed by atoms with E-state index in [2.05, 4.69) is 15.5 Å². The van der Waals surface area contributed by atoms with Gasteiger partial charge in [-0.1, -0.05) is 17.7 Å². The molecule has 9 heteroatoms. The highest BCUT2D eigenvalue weighted by Crippen LogP contribution is 2.19. The third kappa shape index (κ3) is 6.08. The second-order valence-corrected chi connectivity index (χ2v) is 6.71. The van der Waals surface area contributed by atoms with Crippen LogP contribution in [0.4, 0.5) is 8.78 Å². The van der Waals surface area contributed by atoms with Crippen molar-refractivity contribution in [3.8, 4) is 17.2 Å². The van der Waals surface area contributed by atoms with E-state index in [9.17, 15) is 18.7 Å². The van der Waals surface area contributed by atoms with E-state index in [0.29, 0.717) is 11.8 Å². The van der Waals surface area contributed by atoms with Crippen molar-refractivity contribution < 1.29 is 27.8 Å². The molecule has 0 aliphatic carbocycles. The van der Waals surface area contributed by atoms with Gasteiger partial charge < -0.3 is 19.6 Å².